The van der Waals surface area contributed by atoms with E-state index in [0.717, 1.165) is 0 Å². The number of carboxylic acid groups (broad SMARTS) is 1. The number of ether oxygens (including phenoxy) is 2. The predicted octanol–water partition coefficient (Wildman–Crippen LogP) is 1.30. The molecule has 1 N–H and O–H groups in total. The lowest BCUT2D eigenvalue weighted by atomic mass is 10.2. The largest absolute Gasteiger partial charge is 0.486 e. The summed E-state index contributed by atoms with van der Waals surface area (Å²) in [6, 6.07) is 3.18. The highest BCUT2D eigenvalue weighted by Crippen LogP contribution is 2.35. The van der Waals surface area contributed by atoms with E-state index in [9.17, 15) is 4.79 Å². The van der Waals surface area contributed by atoms with Crippen LogP contribution in [0, 0.1) is 0 Å². The lowest BCUT2D eigenvalue weighted by Crippen LogP contribution is -2.15. The number of rotatable bonds is 1. The highest BCUT2D eigenvalue weighted by atomic mass is 16.6. The van der Waals surface area contributed by atoms with Crippen LogP contribution in [0.4, 0.5) is 0 Å². The lowest BCUT2D eigenvalue weighted by Gasteiger charge is -2.17. The summed E-state index contributed by atoms with van der Waals surface area (Å²) in [5.41, 5.74) is 0.446. The summed E-state index contributed by atoms with van der Waals surface area (Å²) in [5.74, 6) is -0.264. The summed E-state index contributed by atoms with van der Waals surface area (Å²) in [5, 5.41) is 12.9. The van der Waals surface area contributed by atoms with E-state index in [2.05, 4.69) is 5.16 Å². The molecule has 0 unspecified atom stereocenters. The van der Waals surface area contributed by atoms with E-state index in [1.54, 1.807) is 12.1 Å². The van der Waals surface area contributed by atoms with E-state index in [1.807, 2.05) is 0 Å². The van der Waals surface area contributed by atoms with Gasteiger partial charge in [0.2, 0.25) is 0 Å². The molecule has 0 spiro atoms. The molecule has 0 radical (unpaired) electrons. The number of nitrogens with zero attached hydrogens (tertiary/aromatic N) is 1. The molecule has 3 rings (SSSR count). The average Bonchev–Trinajstić information content (AvgIpc) is 2.68. The smallest absolute Gasteiger partial charge is 0.375 e. The van der Waals surface area contributed by atoms with Crippen LogP contribution in [-0.2, 0) is 0 Å². The molecule has 2 heterocycles. The van der Waals surface area contributed by atoms with E-state index in [0.29, 0.717) is 35.6 Å². The highest BCUT2D eigenvalue weighted by Gasteiger charge is 2.20. The Hall–Kier alpha value is -2.24. The zero-order chi connectivity index (χ0) is 11.1. The first-order valence-electron chi connectivity index (χ1n) is 4.68. The summed E-state index contributed by atoms with van der Waals surface area (Å²) >= 11 is 0. The number of carboxylic acids is 1. The van der Waals surface area contributed by atoms with Gasteiger partial charge in [0.05, 0.1) is 5.39 Å². The molecule has 1 aromatic heterocycles. The number of aromatic nitrogens is 1. The van der Waals surface area contributed by atoms with Crippen LogP contribution in [0.15, 0.2) is 16.7 Å². The predicted molar refractivity (Wildman–Crippen MR) is 52.0 cm³/mol. The van der Waals surface area contributed by atoms with Gasteiger partial charge in [-0.3, -0.25) is 0 Å². The molecule has 6 nitrogen and oxygen atoms in total. The van der Waals surface area contributed by atoms with Crippen molar-refractivity contribution in [3.63, 3.8) is 0 Å². The second-order valence-electron chi connectivity index (χ2n) is 3.33. The summed E-state index contributed by atoms with van der Waals surface area (Å²) < 4.78 is 15.4. The number of fused-ring (bicyclic) bond motifs is 2. The van der Waals surface area contributed by atoms with Crippen molar-refractivity contribution >= 4 is 16.9 Å². The van der Waals surface area contributed by atoms with E-state index < -0.39 is 5.97 Å². The first kappa shape index (κ1) is 9.02. The van der Waals surface area contributed by atoms with Crippen molar-refractivity contribution < 1.29 is 23.9 Å². The van der Waals surface area contributed by atoms with Gasteiger partial charge in [-0.15, -0.1) is 0 Å². The fourth-order valence-electron chi connectivity index (χ4n) is 1.63. The van der Waals surface area contributed by atoms with Crippen LogP contribution in [0.25, 0.3) is 10.9 Å². The number of carbonyl (C=O) groups is 1. The molecule has 0 saturated heterocycles. The van der Waals surface area contributed by atoms with Crippen LogP contribution >= 0.6 is 0 Å². The molecule has 0 amide bonds. The molecule has 82 valence electrons. The number of aromatic carboxylic acids is 1. The molecule has 2 aromatic rings. The molecule has 6 heteroatoms. The van der Waals surface area contributed by atoms with Crippen LogP contribution in [0.1, 0.15) is 10.6 Å². The minimum absolute atomic E-state index is 0.188. The van der Waals surface area contributed by atoms with Crippen molar-refractivity contribution in [1.82, 2.24) is 5.16 Å². The van der Waals surface area contributed by atoms with Gasteiger partial charge in [-0.1, -0.05) is 5.16 Å². The van der Waals surface area contributed by atoms with Gasteiger partial charge >= 0.3 is 5.97 Å². The first-order valence-corrected chi connectivity index (χ1v) is 4.68. The Morgan fingerprint density at radius 1 is 1.25 bits per heavy atom. The van der Waals surface area contributed by atoms with Crippen molar-refractivity contribution in [3.05, 3.63) is 17.9 Å². The Morgan fingerprint density at radius 2 is 1.94 bits per heavy atom. The van der Waals surface area contributed by atoms with Crippen molar-refractivity contribution in [2.75, 3.05) is 13.2 Å². The topological polar surface area (TPSA) is 81.8 Å². The monoisotopic (exact) mass is 221 g/mol. The minimum Gasteiger partial charge on any atom is -0.486 e. The summed E-state index contributed by atoms with van der Waals surface area (Å²) in [6.45, 7) is 0.925. The molecule has 0 bridgehead atoms. The lowest BCUT2D eigenvalue weighted by molar-refractivity contribution is 0.0655. The van der Waals surface area contributed by atoms with Crippen molar-refractivity contribution in [2.24, 2.45) is 0 Å². The van der Waals surface area contributed by atoms with E-state index in [4.69, 9.17) is 19.1 Å². The molecular formula is C10H7NO5. The third-order valence-corrected chi connectivity index (χ3v) is 2.33. The van der Waals surface area contributed by atoms with E-state index >= 15 is 0 Å². The van der Waals surface area contributed by atoms with Crippen LogP contribution < -0.4 is 9.47 Å². The van der Waals surface area contributed by atoms with Crippen LogP contribution in [0.2, 0.25) is 0 Å². The number of hydrogen-bond donors (Lipinski definition) is 1. The number of benzene rings is 1. The van der Waals surface area contributed by atoms with Gasteiger partial charge < -0.3 is 19.1 Å². The molecule has 0 atom stereocenters. The zero-order valence-corrected chi connectivity index (χ0v) is 8.10. The van der Waals surface area contributed by atoms with Gasteiger partial charge in [0.25, 0.3) is 5.76 Å². The van der Waals surface area contributed by atoms with Crippen LogP contribution in [-0.4, -0.2) is 29.4 Å². The third kappa shape index (κ3) is 1.19. The average molecular weight is 221 g/mol. The molecule has 1 aliphatic heterocycles. The summed E-state index contributed by atoms with van der Waals surface area (Å²) in [7, 11) is 0. The first-order chi connectivity index (χ1) is 7.75. The molecule has 0 aliphatic carbocycles. The number of hydrogen-bond acceptors (Lipinski definition) is 5. The maximum absolute atomic E-state index is 10.8. The van der Waals surface area contributed by atoms with Crippen molar-refractivity contribution in [2.45, 2.75) is 0 Å². The summed E-state index contributed by atoms with van der Waals surface area (Å²) in [6.07, 6.45) is 0. The second-order valence-corrected chi connectivity index (χ2v) is 3.33. The van der Waals surface area contributed by atoms with Gasteiger partial charge in [-0.2, -0.15) is 0 Å². The standard InChI is InChI=1S/C10H7NO5/c12-10(13)9-5-3-7-8(15-2-1-14-7)4-6(5)11-16-9/h3-4H,1-2H2,(H,12,13). The maximum Gasteiger partial charge on any atom is 0.375 e. The maximum atomic E-state index is 10.8. The fourth-order valence-corrected chi connectivity index (χ4v) is 1.63. The van der Waals surface area contributed by atoms with Crippen molar-refractivity contribution in [1.29, 1.82) is 0 Å². The van der Waals surface area contributed by atoms with E-state index in [-0.39, 0.29) is 5.76 Å². The Balaban J connectivity index is 2.25. The zero-order valence-electron chi connectivity index (χ0n) is 8.10. The molecule has 0 saturated carbocycles. The molecule has 1 aliphatic rings. The molecule has 16 heavy (non-hydrogen) atoms. The highest BCUT2D eigenvalue weighted by molar-refractivity contribution is 6.00. The summed E-state index contributed by atoms with van der Waals surface area (Å²) in [4.78, 5) is 10.8. The fraction of sp³-hybridized carbons (Fsp3) is 0.200. The van der Waals surface area contributed by atoms with Crippen molar-refractivity contribution in [3.8, 4) is 11.5 Å². The van der Waals surface area contributed by atoms with Gasteiger partial charge in [-0.25, -0.2) is 4.79 Å². The quantitative estimate of drug-likeness (QED) is 0.781. The van der Waals surface area contributed by atoms with Crippen LogP contribution in [0.3, 0.4) is 0 Å². The Kier molecular flexibility index (Phi) is 1.76. The minimum atomic E-state index is -1.15. The SMILES string of the molecule is O=C(O)c1onc2cc3c(cc12)OCCO3. The van der Waals surface area contributed by atoms with Crippen LogP contribution in [0.5, 0.6) is 11.5 Å². The van der Waals surface area contributed by atoms with Gasteiger partial charge in [0.1, 0.15) is 18.7 Å². The Morgan fingerprint density at radius 3 is 2.62 bits per heavy atom. The van der Waals surface area contributed by atoms with Gasteiger partial charge in [-0.05, 0) is 6.07 Å². The van der Waals surface area contributed by atoms with Gasteiger partial charge in [0, 0.05) is 6.07 Å². The Labute approximate surface area is 89.4 Å². The Bertz CT molecular complexity index is 574. The van der Waals surface area contributed by atoms with Gasteiger partial charge in [0.15, 0.2) is 11.5 Å². The molecule has 1 aromatic carbocycles. The normalized spacial score (nSPS) is 14.0. The second kappa shape index (κ2) is 3.13. The molecular weight excluding hydrogens is 214 g/mol. The third-order valence-electron chi connectivity index (χ3n) is 2.33. The molecule has 0 fully saturated rings. The van der Waals surface area contributed by atoms with E-state index in [1.165, 1.54) is 0 Å².